The van der Waals surface area contributed by atoms with Gasteiger partial charge in [0.05, 0.1) is 18.9 Å². The summed E-state index contributed by atoms with van der Waals surface area (Å²) in [4.78, 5) is 22.0. The van der Waals surface area contributed by atoms with Crippen molar-refractivity contribution in [2.75, 3.05) is 44.3 Å². The lowest BCUT2D eigenvalue weighted by molar-refractivity contribution is -0.119. The third-order valence-corrected chi connectivity index (χ3v) is 6.00. The van der Waals surface area contributed by atoms with Crippen LogP contribution in [-0.4, -0.2) is 62.1 Å². The second kappa shape index (κ2) is 8.50. The van der Waals surface area contributed by atoms with E-state index in [0.717, 1.165) is 62.7 Å². The largest absolute Gasteiger partial charge is 0.379 e. The molecule has 2 aliphatic heterocycles. The van der Waals surface area contributed by atoms with Crippen LogP contribution in [0.4, 0.5) is 5.69 Å². The number of carbonyl (C=O) groups is 1. The first-order chi connectivity index (χ1) is 13.2. The van der Waals surface area contributed by atoms with Crippen molar-refractivity contribution in [1.29, 1.82) is 0 Å². The van der Waals surface area contributed by atoms with Crippen LogP contribution in [-0.2, 0) is 9.53 Å². The first-order valence-corrected chi connectivity index (χ1v) is 10.3. The van der Waals surface area contributed by atoms with Gasteiger partial charge < -0.3 is 15.4 Å². The maximum absolute atomic E-state index is 13.1. The van der Waals surface area contributed by atoms with Gasteiger partial charge in [0.2, 0.25) is 0 Å². The molecule has 0 spiro atoms. The number of morpholine rings is 1. The number of benzene rings is 1. The SMILES string of the molecule is N[C@@H]1N=C(C2CCCCC2)c2ccccc2N(CCN2CCOCC2)C1=O. The molecule has 1 saturated heterocycles. The minimum atomic E-state index is -0.806. The Morgan fingerprint density at radius 3 is 2.59 bits per heavy atom. The van der Waals surface area contributed by atoms with Gasteiger partial charge in [-0.3, -0.25) is 14.7 Å². The number of para-hydroxylation sites is 1. The molecule has 0 aromatic heterocycles. The monoisotopic (exact) mass is 370 g/mol. The maximum atomic E-state index is 13.1. The molecule has 4 rings (SSSR count). The third-order valence-electron chi connectivity index (χ3n) is 6.00. The van der Waals surface area contributed by atoms with Crippen molar-refractivity contribution in [3.8, 4) is 0 Å². The molecule has 1 saturated carbocycles. The van der Waals surface area contributed by atoms with Gasteiger partial charge in [0, 0.05) is 43.4 Å². The number of hydrogen-bond acceptors (Lipinski definition) is 5. The van der Waals surface area contributed by atoms with Gasteiger partial charge in [-0.15, -0.1) is 0 Å². The Labute approximate surface area is 161 Å². The van der Waals surface area contributed by atoms with Gasteiger partial charge in [-0.2, -0.15) is 0 Å². The molecule has 0 unspecified atom stereocenters. The Kier molecular flexibility index (Phi) is 5.86. The first-order valence-electron chi connectivity index (χ1n) is 10.3. The van der Waals surface area contributed by atoms with Crippen LogP contribution in [0.1, 0.15) is 37.7 Å². The summed E-state index contributed by atoms with van der Waals surface area (Å²) in [5.41, 5.74) is 9.34. The molecule has 6 heteroatoms. The lowest BCUT2D eigenvalue weighted by Crippen LogP contribution is -2.47. The summed E-state index contributed by atoms with van der Waals surface area (Å²) in [5.74, 6) is 0.319. The van der Waals surface area contributed by atoms with Crippen molar-refractivity contribution in [3.63, 3.8) is 0 Å². The van der Waals surface area contributed by atoms with Gasteiger partial charge in [0.1, 0.15) is 0 Å². The topological polar surface area (TPSA) is 71.2 Å². The summed E-state index contributed by atoms with van der Waals surface area (Å²) in [6.45, 7) is 4.82. The second-order valence-electron chi connectivity index (χ2n) is 7.76. The predicted octanol–water partition coefficient (Wildman–Crippen LogP) is 2.02. The van der Waals surface area contributed by atoms with Crippen LogP contribution in [0, 0.1) is 5.92 Å². The molecule has 1 aromatic carbocycles. The van der Waals surface area contributed by atoms with Crippen molar-refractivity contribution < 1.29 is 9.53 Å². The average Bonchev–Trinajstić information content (AvgIpc) is 2.83. The van der Waals surface area contributed by atoms with Gasteiger partial charge in [-0.25, -0.2) is 0 Å². The van der Waals surface area contributed by atoms with Gasteiger partial charge in [-0.1, -0.05) is 37.5 Å². The second-order valence-corrected chi connectivity index (χ2v) is 7.76. The summed E-state index contributed by atoms with van der Waals surface area (Å²) < 4.78 is 5.43. The molecule has 2 N–H and O–H groups in total. The van der Waals surface area contributed by atoms with Crippen LogP contribution >= 0.6 is 0 Å². The van der Waals surface area contributed by atoms with E-state index in [1.807, 2.05) is 23.1 Å². The molecule has 2 heterocycles. The number of aliphatic imine (C=N–C) groups is 1. The number of anilines is 1. The fourth-order valence-corrected chi connectivity index (χ4v) is 4.48. The zero-order chi connectivity index (χ0) is 18.6. The standard InChI is InChI=1S/C21H30N4O2/c22-20-21(26)25(11-10-24-12-14-27-15-13-24)18-9-5-4-8-17(18)19(23-20)16-6-2-1-3-7-16/h4-5,8-9,16,20H,1-3,6-7,10-15,22H2/t20-/m1/s1. The van der Waals surface area contributed by atoms with Gasteiger partial charge in [-0.05, 0) is 18.9 Å². The van der Waals surface area contributed by atoms with E-state index in [-0.39, 0.29) is 5.91 Å². The van der Waals surface area contributed by atoms with Crippen LogP contribution < -0.4 is 10.6 Å². The van der Waals surface area contributed by atoms with Crippen LogP contribution in [0.15, 0.2) is 29.3 Å². The van der Waals surface area contributed by atoms with E-state index in [9.17, 15) is 4.79 Å². The van der Waals surface area contributed by atoms with Crippen molar-refractivity contribution in [2.45, 2.75) is 38.3 Å². The van der Waals surface area contributed by atoms with E-state index < -0.39 is 6.17 Å². The first kappa shape index (κ1) is 18.6. The van der Waals surface area contributed by atoms with E-state index in [2.05, 4.69) is 11.0 Å². The minimum Gasteiger partial charge on any atom is -0.379 e. The highest BCUT2D eigenvalue weighted by atomic mass is 16.5. The maximum Gasteiger partial charge on any atom is 0.266 e. The zero-order valence-corrected chi connectivity index (χ0v) is 16.0. The molecule has 1 amide bonds. The van der Waals surface area contributed by atoms with Crippen LogP contribution in [0.3, 0.4) is 0 Å². The Morgan fingerprint density at radius 2 is 1.81 bits per heavy atom. The Hall–Kier alpha value is -1.76. The smallest absolute Gasteiger partial charge is 0.266 e. The number of nitrogens with two attached hydrogens (primary N) is 1. The highest BCUT2D eigenvalue weighted by Gasteiger charge is 2.32. The molecule has 146 valence electrons. The normalized spacial score (nSPS) is 25.1. The van der Waals surface area contributed by atoms with Crippen molar-refractivity contribution in [1.82, 2.24) is 4.90 Å². The van der Waals surface area contributed by atoms with Gasteiger partial charge in [0.15, 0.2) is 6.17 Å². The number of carbonyl (C=O) groups excluding carboxylic acids is 1. The van der Waals surface area contributed by atoms with Crippen molar-refractivity contribution in [3.05, 3.63) is 29.8 Å². The number of hydrogen-bond donors (Lipinski definition) is 1. The molecular weight excluding hydrogens is 340 g/mol. The number of rotatable bonds is 4. The number of amides is 1. The summed E-state index contributed by atoms with van der Waals surface area (Å²) >= 11 is 0. The van der Waals surface area contributed by atoms with E-state index in [1.165, 1.54) is 19.3 Å². The molecule has 0 radical (unpaired) electrons. The lowest BCUT2D eigenvalue weighted by atomic mass is 9.83. The molecule has 1 aromatic rings. The Morgan fingerprint density at radius 1 is 1.07 bits per heavy atom. The molecule has 3 aliphatic rings. The lowest BCUT2D eigenvalue weighted by Gasteiger charge is -2.31. The summed E-state index contributed by atoms with van der Waals surface area (Å²) in [6.07, 6.45) is 5.23. The van der Waals surface area contributed by atoms with E-state index in [0.29, 0.717) is 12.5 Å². The van der Waals surface area contributed by atoms with E-state index >= 15 is 0 Å². The van der Waals surface area contributed by atoms with Crippen LogP contribution in [0.5, 0.6) is 0 Å². The average molecular weight is 370 g/mol. The van der Waals surface area contributed by atoms with Gasteiger partial charge >= 0.3 is 0 Å². The minimum absolute atomic E-state index is 0.0958. The molecular formula is C21H30N4O2. The molecule has 27 heavy (non-hydrogen) atoms. The number of ether oxygens (including phenoxy) is 1. The highest BCUT2D eigenvalue weighted by molar-refractivity contribution is 6.13. The molecule has 6 nitrogen and oxygen atoms in total. The fourth-order valence-electron chi connectivity index (χ4n) is 4.48. The number of nitrogens with zero attached hydrogens (tertiary/aromatic N) is 3. The number of fused-ring (bicyclic) bond motifs is 1. The van der Waals surface area contributed by atoms with E-state index in [4.69, 9.17) is 15.5 Å². The summed E-state index contributed by atoms with van der Waals surface area (Å²) in [6, 6.07) is 8.20. The summed E-state index contributed by atoms with van der Waals surface area (Å²) in [5, 5.41) is 0. The van der Waals surface area contributed by atoms with Crippen molar-refractivity contribution in [2.24, 2.45) is 16.6 Å². The van der Waals surface area contributed by atoms with E-state index in [1.54, 1.807) is 0 Å². The molecule has 1 aliphatic carbocycles. The van der Waals surface area contributed by atoms with Crippen LogP contribution in [0.2, 0.25) is 0 Å². The Bertz CT molecular complexity index is 693. The highest BCUT2D eigenvalue weighted by Crippen LogP contribution is 2.33. The quantitative estimate of drug-likeness (QED) is 0.880. The molecule has 2 fully saturated rings. The third kappa shape index (κ3) is 4.08. The number of benzodiazepines with no additional fused rings is 1. The van der Waals surface area contributed by atoms with Crippen molar-refractivity contribution >= 4 is 17.3 Å². The molecule has 1 atom stereocenters. The predicted molar refractivity (Wildman–Crippen MR) is 107 cm³/mol. The van der Waals surface area contributed by atoms with Crippen LogP contribution in [0.25, 0.3) is 0 Å². The fraction of sp³-hybridized carbons (Fsp3) is 0.619. The molecule has 0 bridgehead atoms. The zero-order valence-electron chi connectivity index (χ0n) is 16.0. The van der Waals surface area contributed by atoms with Gasteiger partial charge in [0.25, 0.3) is 5.91 Å². The Balaban J connectivity index is 1.60. The summed E-state index contributed by atoms with van der Waals surface area (Å²) in [7, 11) is 0.